The molecule has 0 radical (unpaired) electrons. The van der Waals surface area contributed by atoms with Gasteiger partial charge in [-0.2, -0.15) is 0 Å². The molecule has 1 saturated carbocycles. The Balaban J connectivity index is 2.00. The molecular formula is C13H16ClNO2. The van der Waals surface area contributed by atoms with Gasteiger partial charge in [0.05, 0.1) is 10.6 Å². The molecule has 2 rings (SSSR count). The van der Waals surface area contributed by atoms with E-state index in [1.807, 2.05) is 6.07 Å². The molecule has 3 nitrogen and oxygen atoms in total. The molecule has 0 atom stereocenters. The van der Waals surface area contributed by atoms with Crippen LogP contribution in [0.25, 0.3) is 0 Å². The Hall–Kier alpha value is -1.22. The lowest BCUT2D eigenvalue weighted by Gasteiger charge is -2.12. The number of carbonyl (C=O) groups is 1. The van der Waals surface area contributed by atoms with Crippen LogP contribution in [-0.4, -0.2) is 17.6 Å². The van der Waals surface area contributed by atoms with E-state index in [4.69, 9.17) is 16.7 Å². The summed E-state index contributed by atoms with van der Waals surface area (Å²) >= 11 is 5.81. The second-order valence-electron chi connectivity index (χ2n) is 4.53. The van der Waals surface area contributed by atoms with E-state index in [2.05, 4.69) is 5.32 Å². The van der Waals surface area contributed by atoms with E-state index < -0.39 is 5.97 Å². The van der Waals surface area contributed by atoms with Gasteiger partial charge in [0.1, 0.15) is 0 Å². The summed E-state index contributed by atoms with van der Waals surface area (Å²) < 4.78 is 0. The summed E-state index contributed by atoms with van der Waals surface area (Å²) in [6.45, 7) is 0.917. The van der Waals surface area contributed by atoms with Gasteiger partial charge in [-0.05, 0) is 37.0 Å². The van der Waals surface area contributed by atoms with E-state index in [1.54, 1.807) is 12.1 Å². The van der Waals surface area contributed by atoms with Crippen LogP contribution in [-0.2, 0) is 0 Å². The molecule has 1 fully saturated rings. The van der Waals surface area contributed by atoms with Crippen LogP contribution < -0.4 is 5.32 Å². The number of nitrogens with one attached hydrogen (secondary N) is 1. The molecule has 1 aliphatic carbocycles. The third-order valence-electron chi connectivity index (χ3n) is 3.27. The first-order valence-corrected chi connectivity index (χ1v) is 6.31. The van der Waals surface area contributed by atoms with Gasteiger partial charge in [0.15, 0.2) is 0 Å². The number of aromatic carboxylic acids is 1. The minimum absolute atomic E-state index is 0.156. The second kappa shape index (κ2) is 5.41. The minimum atomic E-state index is -0.987. The predicted molar refractivity (Wildman–Crippen MR) is 68.9 cm³/mol. The van der Waals surface area contributed by atoms with Crippen molar-refractivity contribution in [2.24, 2.45) is 5.92 Å². The van der Waals surface area contributed by atoms with Gasteiger partial charge in [-0.1, -0.05) is 24.4 Å². The standard InChI is InChI=1S/C13H16ClNO2/c14-12-6-5-10(7-11(12)13(16)17)15-8-9-3-1-2-4-9/h5-7,9,15H,1-4,8H2,(H,16,17). The monoisotopic (exact) mass is 253 g/mol. The Kier molecular flexibility index (Phi) is 3.89. The van der Waals surface area contributed by atoms with Crippen molar-refractivity contribution >= 4 is 23.3 Å². The summed E-state index contributed by atoms with van der Waals surface area (Å²) in [6.07, 6.45) is 5.17. The van der Waals surface area contributed by atoms with Gasteiger partial charge in [-0.25, -0.2) is 4.79 Å². The maximum atomic E-state index is 10.9. The Morgan fingerprint density at radius 1 is 1.41 bits per heavy atom. The average Bonchev–Trinajstić information content (AvgIpc) is 2.80. The fourth-order valence-electron chi connectivity index (χ4n) is 2.28. The van der Waals surface area contributed by atoms with Crippen LogP contribution >= 0.6 is 11.6 Å². The summed E-state index contributed by atoms with van der Waals surface area (Å²) in [5.74, 6) is -0.265. The van der Waals surface area contributed by atoms with Crippen molar-refractivity contribution in [3.8, 4) is 0 Å². The molecule has 92 valence electrons. The number of carboxylic acids is 1. The van der Waals surface area contributed by atoms with Gasteiger partial charge in [-0.15, -0.1) is 0 Å². The molecule has 1 aliphatic rings. The summed E-state index contributed by atoms with van der Waals surface area (Å²) in [4.78, 5) is 10.9. The molecule has 17 heavy (non-hydrogen) atoms. The number of hydrogen-bond acceptors (Lipinski definition) is 2. The van der Waals surface area contributed by atoms with Crippen molar-refractivity contribution in [3.05, 3.63) is 28.8 Å². The first-order valence-electron chi connectivity index (χ1n) is 5.93. The molecule has 0 aromatic heterocycles. The van der Waals surface area contributed by atoms with Crippen molar-refractivity contribution in [3.63, 3.8) is 0 Å². The fourth-order valence-corrected chi connectivity index (χ4v) is 2.47. The molecule has 0 aliphatic heterocycles. The minimum Gasteiger partial charge on any atom is -0.478 e. The molecule has 0 unspecified atom stereocenters. The maximum absolute atomic E-state index is 10.9. The van der Waals surface area contributed by atoms with Crippen molar-refractivity contribution < 1.29 is 9.90 Å². The zero-order valence-corrected chi connectivity index (χ0v) is 10.3. The largest absolute Gasteiger partial charge is 0.478 e. The molecular weight excluding hydrogens is 238 g/mol. The van der Waals surface area contributed by atoms with E-state index in [-0.39, 0.29) is 10.6 Å². The van der Waals surface area contributed by atoms with E-state index in [0.717, 1.165) is 18.2 Å². The van der Waals surface area contributed by atoms with Crippen LogP contribution in [0.2, 0.25) is 5.02 Å². The second-order valence-corrected chi connectivity index (χ2v) is 4.94. The van der Waals surface area contributed by atoms with Crippen molar-refractivity contribution in [2.75, 3.05) is 11.9 Å². The summed E-state index contributed by atoms with van der Waals surface area (Å²) in [7, 11) is 0. The molecule has 0 heterocycles. The van der Waals surface area contributed by atoms with Crippen LogP contribution in [0.4, 0.5) is 5.69 Å². The molecule has 0 saturated heterocycles. The SMILES string of the molecule is O=C(O)c1cc(NCC2CCCC2)ccc1Cl. The quantitative estimate of drug-likeness (QED) is 0.861. The van der Waals surface area contributed by atoms with Crippen LogP contribution in [0, 0.1) is 5.92 Å². The van der Waals surface area contributed by atoms with Crippen LogP contribution in [0.15, 0.2) is 18.2 Å². The van der Waals surface area contributed by atoms with Gasteiger partial charge >= 0.3 is 5.97 Å². The summed E-state index contributed by atoms with van der Waals surface area (Å²) in [6, 6.07) is 5.05. The highest BCUT2D eigenvalue weighted by Crippen LogP contribution is 2.26. The van der Waals surface area contributed by atoms with Crippen molar-refractivity contribution in [1.82, 2.24) is 0 Å². The third kappa shape index (κ3) is 3.13. The van der Waals surface area contributed by atoms with Gasteiger partial charge < -0.3 is 10.4 Å². The Bertz CT molecular complexity index is 414. The lowest BCUT2D eigenvalue weighted by Crippen LogP contribution is -2.11. The smallest absolute Gasteiger partial charge is 0.337 e. The van der Waals surface area contributed by atoms with Gasteiger partial charge in [-0.3, -0.25) is 0 Å². The lowest BCUT2D eigenvalue weighted by molar-refractivity contribution is 0.0697. The zero-order chi connectivity index (χ0) is 12.3. The Labute approximate surface area is 106 Å². The number of benzene rings is 1. The van der Waals surface area contributed by atoms with Crippen molar-refractivity contribution in [1.29, 1.82) is 0 Å². The first-order chi connectivity index (χ1) is 8.16. The van der Waals surface area contributed by atoms with Crippen LogP contribution in [0.5, 0.6) is 0 Å². The van der Waals surface area contributed by atoms with E-state index in [0.29, 0.717) is 0 Å². The maximum Gasteiger partial charge on any atom is 0.337 e. The number of anilines is 1. The Morgan fingerprint density at radius 3 is 2.76 bits per heavy atom. The summed E-state index contributed by atoms with van der Waals surface area (Å²) in [5, 5.41) is 12.5. The third-order valence-corrected chi connectivity index (χ3v) is 3.60. The fraction of sp³-hybridized carbons (Fsp3) is 0.462. The van der Waals surface area contributed by atoms with Crippen LogP contribution in [0.3, 0.4) is 0 Å². The molecule has 4 heteroatoms. The van der Waals surface area contributed by atoms with Crippen molar-refractivity contribution in [2.45, 2.75) is 25.7 Å². The predicted octanol–water partition coefficient (Wildman–Crippen LogP) is 3.64. The average molecular weight is 254 g/mol. The first kappa shape index (κ1) is 12.2. The zero-order valence-electron chi connectivity index (χ0n) is 9.58. The normalized spacial score (nSPS) is 16.1. The van der Waals surface area contributed by atoms with Crippen LogP contribution in [0.1, 0.15) is 36.0 Å². The number of hydrogen-bond donors (Lipinski definition) is 2. The highest BCUT2D eigenvalue weighted by Gasteiger charge is 2.15. The Morgan fingerprint density at radius 2 is 2.12 bits per heavy atom. The van der Waals surface area contributed by atoms with Gasteiger partial charge in [0, 0.05) is 12.2 Å². The molecule has 1 aromatic rings. The topological polar surface area (TPSA) is 49.3 Å². The highest BCUT2D eigenvalue weighted by atomic mass is 35.5. The lowest BCUT2D eigenvalue weighted by atomic mass is 10.1. The number of carboxylic acid groups (broad SMARTS) is 1. The molecule has 2 N–H and O–H groups in total. The van der Waals surface area contributed by atoms with Gasteiger partial charge in [0.2, 0.25) is 0 Å². The molecule has 0 amide bonds. The summed E-state index contributed by atoms with van der Waals surface area (Å²) in [5.41, 5.74) is 0.988. The number of halogens is 1. The highest BCUT2D eigenvalue weighted by molar-refractivity contribution is 6.33. The molecule has 1 aromatic carbocycles. The molecule has 0 bridgehead atoms. The van der Waals surface area contributed by atoms with E-state index in [1.165, 1.54) is 25.7 Å². The molecule has 0 spiro atoms. The van der Waals surface area contributed by atoms with E-state index in [9.17, 15) is 4.79 Å². The van der Waals surface area contributed by atoms with Gasteiger partial charge in [0.25, 0.3) is 0 Å². The number of rotatable bonds is 4. The van der Waals surface area contributed by atoms with E-state index >= 15 is 0 Å².